The topological polar surface area (TPSA) is 40.5 Å². The maximum absolute atomic E-state index is 11.6. The summed E-state index contributed by atoms with van der Waals surface area (Å²) in [7, 11) is 0. The van der Waals surface area contributed by atoms with E-state index in [1.54, 1.807) is 0 Å². The highest BCUT2D eigenvalue weighted by Crippen LogP contribution is 2.38. The second kappa shape index (κ2) is 5.11. The lowest BCUT2D eigenvalue weighted by Gasteiger charge is -2.22. The highest BCUT2D eigenvalue weighted by atomic mass is 32.1. The molecule has 0 unspecified atom stereocenters. The monoisotopic (exact) mass is 301 g/mol. The van der Waals surface area contributed by atoms with Crippen molar-refractivity contribution in [3.05, 3.63) is 34.7 Å². The molecule has 0 aliphatic heterocycles. The molecular weight excluding hydrogens is 282 g/mol. The van der Waals surface area contributed by atoms with Crippen molar-refractivity contribution in [1.82, 2.24) is 4.90 Å². The molecule has 0 radical (unpaired) electrons. The molecule has 3 nitrogen and oxygen atoms in total. The number of fused-ring (bicyclic) bond motifs is 1. The first-order valence-corrected chi connectivity index (χ1v) is 8.52. The molecule has 0 amide bonds. The first-order chi connectivity index (χ1) is 10.2. The number of carboxylic acid groups (broad SMARTS) is 1. The summed E-state index contributed by atoms with van der Waals surface area (Å²) in [5.74, 6) is 0.0668. The van der Waals surface area contributed by atoms with Gasteiger partial charge in [0, 0.05) is 23.8 Å². The van der Waals surface area contributed by atoms with Crippen molar-refractivity contribution >= 4 is 27.4 Å². The van der Waals surface area contributed by atoms with Crippen molar-refractivity contribution in [1.29, 1.82) is 0 Å². The highest BCUT2D eigenvalue weighted by molar-refractivity contribution is 7.21. The van der Waals surface area contributed by atoms with Crippen molar-refractivity contribution < 1.29 is 9.90 Å². The molecule has 0 bridgehead atoms. The number of carboxylic acids is 1. The van der Waals surface area contributed by atoms with E-state index in [0.29, 0.717) is 10.9 Å². The average molecular weight is 301 g/mol. The lowest BCUT2D eigenvalue weighted by molar-refractivity contribution is 0.0700. The fourth-order valence-electron chi connectivity index (χ4n) is 3.05. The van der Waals surface area contributed by atoms with Gasteiger partial charge in [0.15, 0.2) is 0 Å². The van der Waals surface area contributed by atoms with E-state index >= 15 is 0 Å². The molecule has 2 saturated carbocycles. The lowest BCUT2D eigenvalue weighted by atomic mass is 10.1. The fourth-order valence-corrected chi connectivity index (χ4v) is 4.10. The van der Waals surface area contributed by atoms with Crippen molar-refractivity contribution in [2.45, 2.75) is 38.3 Å². The summed E-state index contributed by atoms with van der Waals surface area (Å²) in [6.45, 7) is 1.95. The van der Waals surface area contributed by atoms with Crippen LogP contribution in [-0.2, 0) is 6.54 Å². The number of thiophene rings is 1. The summed E-state index contributed by atoms with van der Waals surface area (Å²) < 4.78 is 1.09. The zero-order valence-corrected chi connectivity index (χ0v) is 12.7. The Kier molecular flexibility index (Phi) is 3.23. The van der Waals surface area contributed by atoms with Crippen LogP contribution in [0.2, 0.25) is 0 Å². The molecule has 1 heterocycles. The number of hydrogen-bond acceptors (Lipinski definition) is 3. The van der Waals surface area contributed by atoms with Gasteiger partial charge in [-0.1, -0.05) is 18.2 Å². The standard InChI is InChI=1S/C17H19NO2S/c19-17(20)16-14(13-3-1-2-4-15(13)21-16)10-18(12-7-8-12)9-11-5-6-11/h1-4,11-12H,5-10H2,(H,19,20). The summed E-state index contributed by atoms with van der Waals surface area (Å²) in [4.78, 5) is 14.6. The summed E-state index contributed by atoms with van der Waals surface area (Å²) in [6.07, 6.45) is 5.24. The lowest BCUT2D eigenvalue weighted by Crippen LogP contribution is -2.28. The van der Waals surface area contributed by atoms with Gasteiger partial charge in [-0.15, -0.1) is 11.3 Å². The third-order valence-corrected chi connectivity index (χ3v) is 5.71. The van der Waals surface area contributed by atoms with Gasteiger partial charge in [0.05, 0.1) is 0 Å². The number of benzene rings is 1. The van der Waals surface area contributed by atoms with Gasteiger partial charge in [-0.05, 0) is 48.6 Å². The molecule has 2 aliphatic carbocycles. The van der Waals surface area contributed by atoms with Crippen LogP contribution in [0.5, 0.6) is 0 Å². The van der Waals surface area contributed by atoms with E-state index in [1.165, 1.54) is 37.0 Å². The number of hydrogen-bond donors (Lipinski definition) is 1. The van der Waals surface area contributed by atoms with Crippen LogP contribution in [0.1, 0.15) is 40.9 Å². The number of rotatable bonds is 6. The van der Waals surface area contributed by atoms with Gasteiger partial charge in [-0.2, -0.15) is 0 Å². The van der Waals surface area contributed by atoms with E-state index in [9.17, 15) is 9.90 Å². The van der Waals surface area contributed by atoms with Crippen LogP contribution in [0.15, 0.2) is 24.3 Å². The molecule has 4 heteroatoms. The molecule has 4 rings (SSSR count). The van der Waals surface area contributed by atoms with Crippen LogP contribution in [0.25, 0.3) is 10.1 Å². The zero-order chi connectivity index (χ0) is 14.4. The second-order valence-corrected chi connectivity index (χ2v) is 7.37. The highest BCUT2D eigenvalue weighted by Gasteiger charge is 2.34. The summed E-state index contributed by atoms with van der Waals surface area (Å²) in [5, 5.41) is 10.6. The van der Waals surface area contributed by atoms with Crippen molar-refractivity contribution in [3.8, 4) is 0 Å². The quantitative estimate of drug-likeness (QED) is 0.877. The molecule has 1 N–H and O–H groups in total. The van der Waals surface area contributed by atoms with Gasteiger partial charge in [0.2, 0.25) is 0 Å². The average Bonchev–Trinajstić information content (AvgIpc) is 3.36. The molecule has 1 aromatic carbocycles. The summed E-state index contributed by atoms with van der Waals surface area (Å²) in [5.41, 5.74) is 1.02. The van der Waals surface area contributed by atoms with Gasteiger partial charge in [0.25, 0.3) is 0 Å². The van der Waals surface area contributed by atoms with E-state index in [0.717, 1.165) is 34.7 Å². The smallest absolute Gasteiger partial charge is 0.346 e. The van der Waals surface area contributed by atoms with Crippen LogP contribution in [-0.4, -0.2) is 28.6 Å². The van der Waals surface area contributed by atoms with Crippen LogP contribution >= 0.6 is 11.3 Å². The number of carbonyl (C=O) groups is 1. The van der Waals surface area contributed by atoms with Gasteiger partial charge in [0.1, 0.15) is 4.88 Å². The number of nitrogens with zero attached hydrogens (tertiary/aromatic N) is 1. The molecule has 2 fully saturated rings. The Balaban J connectivity index is 1.69. The van der Waals surface area contributed by atoms with Crippen molar-refractivity contribution in [3.63, 3.8) is 0 Å². The molecule has 1 aromatic heterocycles. The second-order valence-electron chi connectivity index (χ2n) is 6.32. The Morgan fingerprint density at radius 3 is 2.67 bits per heavy atom. The Morgan fingerprint density at radius 1 is 1.24 bits per heavy atom. The maximum atomic E-state index is 11.6. The Hall–Kier alpha value is -1.39. The van der Waals surface area contributed by atoms with Crippen LogP contribution in [0, 0.1) is 5.92 Å². The van der Waals surface area contributed by atoms with Crippen LogP contribution in [0.3, 0.4) is 0 Å². The van der Waals surface area contributed by atoms with Gasteiger partial charge >= 0.3 is 5.97 Å². The minimum Gasteiger partial charge on any atom is -0.477 e. The molecule has 0 saturated heterocycles. The minimum absolute atomic E-state index is 0.526. The van der Waals surface area contributed by atoms with Gasteiger partial charge in [-0.25, -0.2) is 4.79 Å². The molecule has 0 spiro atoms. The van der Waals surface area contributed by atoms with E-state index in [-0.39, 0.29) is 0 Å². The molecule has 2 aliphatic rings. The first-order valence-electron chi connectivity index (χ1n) is 7.70. The van der Waals surface area contributed by atoms with E-state index < -0.39 is 5.97 Å². The van der Waals surface area contributed by atoms with Gasteiger partial charge in [-0.3, -0.25) is 4.90 Å². The SMILES string of the molecule is O=C(O)c1sc2ccccc2c1CN(CC1CC1)C1CC1. The fraction of sp³-hybridized carbons (Fsp3) is 0.471. The third-order valence-electron chi connectivity index (χ3n) is 4.51. The normalized spacial score (nSPS) is 18.5. The Bertz CT molecular complexity index is 685. The van der Waals surface area contributed by atoms with Crippen molar-refractivity contribution in [2.24, 2.45) is 5.92 Å². The summed E-state index contributed by atoms with van der Waals surface area (Å²) in [6, 6.07) is 8.77. The predicted octanol–water partition coefficient (Wildman–Crippen LogP) is 3.97. The third kappa shape index (κ3) is 2.70. The zero-order valence-electron chi connectivity index (χ0n) is 11.9. The predicted molar refractivity (Wildman–Crippen MR) is 84.9 cm³/mol. The van der Waals surface area contributed by atoms with Crippen molar-refractivity contribution in [2.75, 3.05) is 6.54 Å². The molecule has 21 heavy (non-hydrogen) atoms. The van der Waals surface area contributed by atoms with E-state index in [4.69, 9.17) is 0 Å². The summed E-state index contributed by atoms with van der Waals surface area (Å²) >= 11 is 1.41. The van der Waals surface area contributed by atoms with Crippen LogP contribution < -0.4 is 0 Å². The number of aromatic carboxylic acids is 1. The van der Waals surface area contributed by atoms with E-state index in [2.05, 4.69) is 11.0 Å². The first kappa shape index (κ1) is 13.3. The van der Waals surface area contributed by atoms with Gasteiger partial charge < -0.3 is 5.11 Å². The maximum Gasteiger partial charge on any atom is 0.346 e. The molecule has 0 atom stereocenters. The molecular formula is C17H19NO2S. The van der Waals surface area contributed by atoms with E-state index in [1.807, 2.05) is 18.2 Å². The Morgan fingerprint density at radius 2 is 2.00 bits per heavy atom. The molecule has 2 aromatic rings. The Labute approximate surface area is 128 Å². The van der Waals surface area contributed by atoms with Crippen LogP contribution in [0.4, 0.5) is 0 Å². The molecule has 110 valence electrons. The largest absolute Gasteiger partial charge is 0.477 e. The minimum atomic E-state index is -0.784.